The first kappa shape index (κ1) is 16.9. The molecule has 0 spiro atoms. The average molecular weight is 323 g/mol. The summed E-state index contributed by atoms with van der Waals surface area (Å²) in [6.07, 6.45) is 3.90. The van der Waals surface area contributed by atoms with Crippen LogP contribution in [-0.2, 0) is 15.1 Å². The van der Waals surface area contributed by atoms with Gasteiger partial charge in [-0.05, 0) is 39.5 Å². The molecule has 1 aromatic rings. The largest absolute Gasteiger partial charge is 0.356 e. The highest BCUT2D eigenvalue weighted by Gasteiger charge is 2.30. The number of aryl methyl sites for hydroxylation is 1. The van der Waals surface area contributed by atoms with Gasteiger partial charge < -0.3 is 10.6 Å². The molecule has 0 aromatic carbocycles. The fourth-order valence-electron chi connectivity index (χ4n) is 2.22. The molecule has 0 unspecified atom stereocenters. The zero-order valence-electron chi connectivity index (χ0n) is 13.6. The maximum Gasteiger partial charge on any atom is 0.223 e. The van der Waals surface area contributed by atoms with Gasteiger partial charge in [0.1, 0.15) is 5.01 Å². The normalized spacial score (nSPS) is 16.9. The van der Waals surface area contributed by atoms with Gasteiger partial charge >= 0.3 is 0 Å². The fourth-order valence-corrected chi connectivity index (χ4v) is 3.21. The van der Waals surface area contributed by atoms with Crippen molar-refractivity contribution in [3.63, 3.8) is 0 Å². The van der Waals surface area contributed by atoms with E-state index in [1.165, 1.54) is 0 Å². The van der Waals surface area contributed by atoms with E-state index in [-0.39, 0.29) is 17.7 Å². The van der Waals surface area contributed by atoms with Crippen molar-refractivity contribution >= 4 is 23.2 Å². The number of carbonyl (C=O) groups is 2. The molecule has 6 heteroatoms. The lowest BCUT2D eigenvalue weighted by Crippen LogP contribution is -2.43. The van der Waals surface area contributed by atoms with E-state index in [2.05, 4.69) is 15.6 Å². The Morgan fingerprint density at radius 2 is 2.18 bits per heavy atom. The second-order valence-electron chi connectivity index (χ2n) is 6.20. The lowest BCUT2D eigenvalue weighted by molar-refractivity contribution is -0.124. The van der Waals surface area contributed by atoms with E-state index in [9.17, 15) is 9.59 Å². The van der Waals surface area contributed by atoms with Crippen molar-refractivity contribution in [3.05, 3.63) is 16.1 Å². The molecule has 1 heterocycles. The highest BCUT2D eigenvalue weighted by molar-refractivity contribution is 7.09. The quantitative estimate of drug-likeness (QED) is 0.722. The third-order valence-corrected chi connectivity index (χ3v) is 5.27. The number of hydrogen-bond acceptors (Lipinski definition) is 4. The van der Waals surface area contributed by atoms with Gasteiger partial charge in [-0.2, -0.15) is 0 Å². The zero-order valence-corrected chi connectivity index (χ0v) is 14.4. The van der Waals surface area contributed by atoms with Crippen molar-refractivity contribution in [2.24, 2.45) is 5.92 Å². The molecule has 22 heavy (non-hydrogen) atoms. The molecule has 0 saturated heterocycles. The lowest BCUT2D eigenvalue weighted by Gasteiger charge is -2.27. The summed E-state index contributed by atoms with van der Waals surface area (Å²) in [5.74, 6) is 0.375. The number of aromatic nitrogens is 1. The third kappa shape index (κ3) is 4.53. The van der Waals surface area contributed by atoms with Crippen LogP contribution < -0.4 is 10.6 Å². The number of nitrogens with zero attached hydrogens (tertiary/aromatic N) is 1. The van der Waals surface area contributed by atoms with E-state index in [4.69, 9.17) is 0 Å². The van der Waals surface area contributed by atoms with Gasteiger partial charge in [-0.1, -0.05) is 6.92 Å². The average Bonchev–Trinajstić information content (AvgIpc) is 3.25. The highest BCUT2D eigenvalue weighted by Crippen LogP contribution is 2.29. The summed E-state index contributed by atoms with van der Waals surface area (Å²) in [5, 5.41) is 8.92. The van der Waals surface area contributed by atoms with Crippen LogP contribution in [0.4, 0.5) is 0 Å². The van der Waals surface area contributed by atoms with Crippen LogP contribution >= 0.6 is 11.3 Å². The van der Waals surface area contributed by atoms with Crippen molar-refractivity contribution in [1.82, 2.24) is 15.6 Å². The topological polar surface area (TPSA) is 71.1 Å². The zero-order chi connectivity index (χ0) is 16.2. The molecule has 5 nitrogen and oxygen atoms in total. The maximum atomic E-state index is 12.1. The highest BCUT2D eigenvalue weighted by atomic mass is 32.1. The standard InChI is InChI=1S/C16H25N3O2S/c1-4-16(3,15-18-11(2)10-22-15)19-13(20)6-5-9-17-14(21)12-7-8-12/h10,12H,4-9H2,1-3H3,(H,17,21)(H,19,20)/t16-/m1/s1. The van der Waals surface area contributed by atoms with Crippen LogP contribution in [0.15, 0.2) is 5.38 Å². The molecule has 1 fully saturated rings. The molecule has 1 aromatic heterocycles. The van der Waals surface area contributed by atoms with Gasteiger partial charge in [-0.15, -0.1) is 11.3 Å². The van der Waals surface area contributed by atoms with Crippen LogP contribution in [0.2, 0.25) is 0 Å². The van der Waals surface area contributed by atoms with E-state index in [1.54, 1.807) is 11.3 Å². The Kier molecular flexibility index (Phi) is 5.56. The van der Waals surface area contributed by atoms with Gasteiger partial charge in [0.05, 0.1) is 5.54 Å². The molecule has 1 aliphatic carbocycles. The van der Waals surface area contributed by atoms with E-state index in [0.717, 1.165) is 30.0 Å². The summed E-state index contributed by atoms with van der Waals surface area (Å²) in [7, 11) is 0. The molecule has 0 aliphatic heterocycles. The Hall–Kier alpha value is -1.43. The summed E-state index contributed by atoms with van der Waals surface area (Å²) in [6.45, 7) is 6.59. The first-order valence-electron chi connectivity index (χ1n) is 7.96. The Morgan fingerprint density at radius 3 is 2.73 bits per heavy atom. The minimum Gasteiger partial charge on any atom is -0.356 e. The van der Waals surface area contributed by atoms with Crippen molar-refractivity contribution in [2.75, 3.05) is 6.54 Å². The molecule has 2 rings (SSSR count). The van der Waals surface area contributed by atoms with Crippen molar-refractivity contribution in [3.8, 4) is 0 Å². The number of carbonyl (C=O) groups excluding carboxylic acids is 2. The van der Waals surface area contributed by atoms with Gasteiger partial charge in [0.2, 0.25) is 11.8 Å². The van der Waals surface area contributed by atoms with E-state index < -0.39 is 5.54 Å². The minimum absolute atomic E-state index is 0.0119. The summed E-state index contributed by atoms with van der Waals surface area (Å²) in [5.41, 5.74) is 0.574. The Balaban J connectivity index is 1.75. The summed E-state index contributed by atoms with van der Waals surface area (Å²) >= 11 is 1.58. The third-order valence-electron chi connectivity index (χ3n) is 4.04. The lowest BCUT2D eigenvalue weighted by atomic mass is 9.99. The van der Waals surface area contributed by atoms with Crippen LogP contribution in [0.25, 0.3) is 0 Å². The summed E-state index contributed by atoms with van der Waals surface area (Å²) in [6, 6.07) is 0. The van der Waals surface area contributed by atoms with E-state index in [1.807, 2.05) is 26.2 Å². The molecule has 1 atom stereocenters. The predicted molar refractivity (Wildman–Crippen MR) is 87.6 cm³/mol. The molecular formula is C16H25N3O2S. The van der Waals surface area contributed by atoms with Crippen molar-refractivity contribution in [1.29, 1.82) is 0 Å². The molecule has 2 N–H and O–H groups in total. The smallest absolute Gasteiger partial charge is 0.223 e. The molecule has 0 radical (unpaired) electrons. The van der Waals surface area contributed by atoms with Crippen molar-refractivity contribution in [2.45, 2.75) is 58.4 Å². The second-order valence-corrected chi connectivity index (χ2v) is 7.05. The van der Waals surface area contributed by atoms with Gasteiger partial charge in [0.15, 0.2) is 0 Å². The van der Waals surface area contributed by atoms with Gasteiger partial charge in [-0.3, -0.25) is 9.59 Å². The number of amides is 2. The molecule has 1 saturated carbocycles. The van der Waals surface area contributed by atoms with Crippen LogP contribution in [0, 0.1) is 12.8 Å². The Bertz CT molecular complexity index is 539. The molecule has 0 bridgehead atoms. The summed E-state index contributed by atoms with van der Waals surface area (Å²) in [4.78, 5) is 28.1. The van der Waals surface area contributed by atoms with E-state index >= 15 is 0 Å². The monoisotopic (exact) mass is 323 g/mol. The second kappa shape index (κ2) is 7.22. The number of nitrogens with one attached hydrogen (secondary N) is 2. The number of rotatable bonds is 8. The van der Waals surface area contributed by atoms with Gasteiger partial charge in [0.25, 0.3) is 0 Å². The SMILES string of the molecule is CC[C@@](C)(NC(=O)CCCNC(=O)C1CC1)c1nc(C)cs1. The molecular weight excluding hydrogens is 298 g/mol. The number of thiazole rings is 1. The number of hydrogen-bond donors (Lipinski definition) is 2. The summed E-state index contributed by atoms with van der Waals surface area (Å²) < 4.78 is 0. The maximum absolute atomic E-state index is 12.1. The van der Waals surface area contributed by atoms with Crippen LogP contribution in [0.1, 0.15) is 56.7 Å². The van der Waals surface area contributed by atoms with Gasteiger partial charge in [0, 0.05) is 30.0 Å². The van der Waals surface area contributed by atoms with Gasteiger partial charge in [-0.25, -0.2) is 4.98 Å². The van der Waals surface area contributed by atoms with Crippen molar-refractivity contribution < 1.29 is 9.59 Å². The van der Waals surface area contributed by atoms with Crippen LogP contribution in [0.3, 0.4) is 0 Å². The van der Waals surface area contributed by atoms with E-state index in [0.29, 0.717) is 19.4 Å². The molecule has 1 aliphatic rings. The first-order valence-corrected chi connectivity index (χ1v) is 8.84. The fraction of sp³-hybridized carbons (Fsp3) is 0.688. The van der Waals surface area contributed by atoms with Crippen LogP contribution in [0.5, 0.6) is 0 Å². The first-order chi connectivity index (χ1) is 10.4. The molecule has 122 valence electrons. The molecule has 2 amide bonds. The Labute approximate surface area is 135 Å². The predicted octanol–water partition coefficient (Wildman–Crippen LogP) is 2.50. The Morgan fingerprint density at radius 1 is 1.45 bits per heavy atom. The van der Waals surface area contributed by atoms with Crippen LogP contribution in [-0.4, -0.2) is 23.3 Å². The minimum atomic E-state index is -0.409.